The molecule has 2 rings (SSSR count). The third kappa shape index (κ3) is 3.45. The summed E-state index contributed by atoms with van der Waals surface area (Å²) in [5, 5.41) is 2.88. The number of nitrogens with one attached hydrogen (secondary N) is 1. The van der Waals surface area contributed by atoms with Crippen molar-refractivity contribution in [3.8, 4) is 17.8 Å². The largest absolute Gasteiger partial charge is 0.464 e. The van der Waals surface area contributed by atoms with Crippen LogP contribution in [0.25, 0.3) is 0 Å². The summed E-state index contributed by atoms with van der Waals surface area (Å²) in [6.07, 6.45) is 0. The van der Waals surface area contributed by atoms with E-state index in [0.717, 1.165) is 6.07 Å². The number of anilines is 1. The smallest absolute Gasteiger partial charge is 0.330 e. The molecule has 1 N–H and O–H groups in total. The molecule has 0 aliphatic carbocycles. The third-order valence-corrected chi connectivity index (χ3v) is 2.48. The summed E-state index contributed by atoms with van der Waals surface area (Å²) >= 11 is 5.87. The lowest BCUT2D eigenvalue weighted by Gasteiger charge is -2.08. The fraction of sp³-hybridized carbons (Fsp3) is 0.250. The van der Waals surface area contributed by atoms with E-state index in [-0.39, 0.29) is 28.7 Å². The summed E-state index contributed by atoms with van der Waals surface area (Å²) in [7, 11) is 1.65. The van der Waals surface area contributed by atoms with Gasteiger partial charge in [0.15, 0.2) is 0 Å². The average molecular weight is 299 g/mol. The molecule has 0 bridgehead atoms. The van der Waals surface area contributed by atoms with E-state index < -0.39 is 5.82 Å². The van der Waals surface area contributed by atoms with E-state index in [0.29, 0.717) is 6.61 Å². The SMILES string of the molecule is CCOc1nc(NC)nc(Oc2ccc(F)cc2Cl)n1. The van der Waals surface area contributed by atoms with Crippen molar-refractivity contribution in [1.82, 2.24) is 15.0 Å². The number of ether oxygens (including phenoxy) is 2. The number of nitrogens with zero attached hydrogens (tertiary/aromatic N) is 3. The Kier molecular flexibility index (Phi) is 4.52. The summed E-state index contributed by atoms with van der Waals surface area (Å²) < 4.78 is 23.6. The van der Waals surface area contributed by atoms with Crippen LogP contribution in [0, 0.1) is 5.82 Å². The zero-order chi connectivity index (χ0) is 14.5. The number of aromatic nitrogens is 3. The molecular weight excluding hydrogens is 287 g/mol. The molecule has 0 spiro atoms. The maximum atomic E-state index is 13.0. The molecule has 0 unspecified atom stereocenters. The van der Waals surface area contributed by atoms with Gasteiger partial charge in [0.25, 0.3) is 0 Å². The summed E-state index contributed by atoms with van der Waals surface area (Å²) in [6.45, 7) is 2.21. The van der Waals surface area contributed by atoms with Crippen LogP contribution in [0.4, 0.5) is 10.3 Å². The Balaban J connectivity index is 2.29. The third-order valence-electron chi connectivity index (χ3n) is 2.19. The highest BCUT2D eigenvalue weighted by Gasteiger charge is 2.11. The fourth-order valence-corrected chi connectivity index (χ4v) is 1.55. The first kappa shape index (κ1) is 14.3. The van der Waals surface area contributed by atoms with Crippen molar-refractivity contribution in [1.29, 1.82) is 0 Å². The molecule has 0 saturated carbocycles. The van der Waals surface area contributed by atoms with Gasteiger partial charge in [-0.25, -0.2) is 4.39 Å². The zero-order valence-corrected chi connectivity index (χ0v) is 11.6. The summed E-state index contributed by atoms with van der Waals surface area (Å²) in [4.78, 5) is 12.0. The van der Waals surface area contributed by atoms with Gasteiger partial charge >= 0.3 is 12.0 Å². The standard InChI is InChI=1S/C12H12ClFN4O2/c1-3-19-11-16-10(15-2)17-12(18-11)20-9-5-4-7(14)6-8(9)13/h4-6H,3H2,1-2H3,(H,15,16,17,18). The second-order valence-corrected chi connectivity index (χ2v) is 3.99. The number of rotatable bonds is 5. The molecule has 20 heavy (non-hydrogen) atoms. The molecule has 8 heteroatoms. The van der Waals surface area contributed by atoms with E-state index in [9.17, 15) is 4.39 Å². The van der Waals surface area contributed by atoms with Crippen LogP contribution in [0.5, 0.6) is 17.8 Å². The Morgan fingerprint density at radius 3 is 2.65 bits per heavy atom. The van der Waals surface area contributed by atoms with Crippen molar-refractivity contribution in [3.05, 3.63) is 29.0 Å². The second-order valence-electron chi connectivity index (χ2n) is 3.58. The molecule has 0 aliphatic rings. The number of halogens is 2. The van der Waals surface area contributed by atoms with Crippen LogP contribution in [0.2, 0.25) is 5.02 Å². The summed E-state index contributed by atoms with van der Waals surface area (Å²) in [5.74, 6) is 0.0735. The Hall–Kier alpha value is -2.15. The number of hydrogen-bond acceptors (Lipinski definition) is 6. The normalized spacial score (nSPS) is 10.2. The van der Waals surface area contributed by atoms with E-state index in [2.05, 4.69) is 20.3 Å². The molecular formula is C12H12ClFN4O2. The Morgan fingerprint density at radius 1 is 1.25 bits per heavy atom. The molecule has 2 aromatic rings. The van der Waals surface area contributed by atoms with E-state index in [1.165, 1.54) is 12.1 Å². The molecule has 0 fully saturated rings. The van der Waals surface area contributed by atoms with E-state index in [1.807, 2.05) is 0 Å². The van der Waals surface area contributed by atoms with Gasteiger partial charge in [-0.05, 0) is 25.1 Å². The van der Waals surface area contributed by atoms with Gasteiger partial charge < -0.3 is 14.8 Å². The molecule has 0 amide bonds. The van der Waals surface area contributed by atoms with Gasteiger partial charge in [-0.1, -0.05) is 11.6 Å². The van der Waals surface area contributed by atoms with Gasteiger partial charge in [-0.3, -0.25) is 0 Å². The molecule has 1 aromatic heterocycles. The highest BCUT2D eigenvalue weighted by Crippen LogP contribution is 2.29. The van der Waals surface area contributed by atoms with E-state index >= 15 is 0 Å². The van der Waals surface area contributed by atoms with Crippen LogP contribution in [-0.2, 0) is 0 Å². The lowest BCUT2D eigenvalue weighted by molar-refractivity contribution is 0.304. The van der Waals surface area contributed by atoms with Crippen molar-refractivity contribution >= 4 is 17.5 Å². The lowest BCUT2D eigenvalue weighted by Crippen LogP contribution is -2.05. The quantitative estimate of drug-likeness (QED) is 0.915. The predicted molar refractivity (Wildman–Crippen MR) is 72.0 cm³/mol. The van der Waals surface area contributed by atoms with Gasteiger partial charge in [-0.15, -0.1) is 4.98 Å². The molecule has 0 aliphatic heterocycles. The Morgan fingerprint density at radius 2 is 2.00 bits per heavy atom. The molecule has 106 valence electrons. The highest BCUT2D eigenvalue weighted by molar-refractivity contribution is 6.32. The monoisotopic (exact) mass is 298 g/mol. The zero-order valence-electron chi connectivity index (χ0n) is 10.9. The fourth-order valence-electron chi connectivity index (χ4n) is 1.35. The number of benzene rings is 1. The first-order valence-corrected chi connectivity index (χ1v) is 6.19. The minimum atomic E-state index is -0.455. The van der Waals surface area contributed by atoms with Gasteiger partial charge in [0.05, 0.1) is 11.6 Å². The van der Waals surface area contributed by atoms with Crippen LogP contribution in [0.1, 0.15) is 6.92 Å². The molecule has 0 radical (unpaired) electrons. The maximum Gasteiger partial charge on any atom is 0.330 e. The van der Waals surface area contributed by atoms with E-state index in [4.69, 9.17) is 21.1 Å². The van der Waals surface area contributed by atoms with Crippen LogP contribution >= 0.6 is 11.6 Å². The molecule has 6 nitrogen and oxygen atoms in total. The van der Waals surface area contributed by atoms with Crippen molar-refractivity contribution < 1.29 is 13.9 Å². The number of hydrogen-bond donors (Lipinski definition) is 1. The van der Waals surface area contributed by atoms with Crippen molar-refractivity contribution in [2.75, 3.05) is 19.0 Å². The first-order chi connectivity index (χ1) is 9.62. The van der Waals surface area contributed by atoms with Crippen molar-refractivity contribution in [3.63, 3.8) is 0 Å². The van der Waals surface area contributed by atoms with Crippen LogP contribution in [0.3, 0.4) is 0 Å². The van der Waals surface area contributed by atoms with Gasteiger partial charge in [0.2, 0.25) is 5.95 Å². The van der Waals surface area contributed by atoms with E-state index in [1.54, 1.807) is 14.0 Å². The molecule has 0 saturated heterocycles. The Bertz CT molecular complexity index is 612. The van der Waals surface area contributed by atoms with Crippen LogP contribution < -0.4 is 14.8 Å². The second kappa shape index (κ2) is 6.33. The predicted octanol–water partition coefficient (Wildman–Crippen LogP) is 2.90. The van der Waals surface area contributed by atoms with Gasteiger partial charge in [-0.2, -0.15) is 9.97 Å². The lowest BCUT2D eigenvalue weighted by atomic mass is 10.3. The average Bonchev–Trinajstić information content (AvgIpc) is 2.42. The van der Waals surface area contributed by atoms with Gasteiger partial charge in [0, 0.05) is 7.05 Å². The topological polar surface area (TPSA) is 69.2 Å². The maximum absolute atomic E-state index is 13.0. The minimum absolute atomic E-state index is 0.00121. The van der Waals surface area contributed by atoms with Gasteiger partial charge in [0.1, 0.15) is 11.6 Å². The Labute approximate surface area is 119 Å². The summed E-state index contributed by atoms with van der Waals surface area (Å²) in [5.41, 5.74) is 0. The molecule has 1 heterocycles. The van der Waals surface area contributed by atoms with Crippen molar-refractivity contribution in [2.24, 2.45) is 0 Å². The van der Waals surface area contributed by atoms with Crippen LogP contribution in [-0.4, -0.2) is 28.6 Å². The molecule has 1 aromatic carbocycles. The first-order valence-electron chi connectivity index (χ1n) is 5.82. The van der Waals surface area contributed by atoms with Crippen molar-refractivity contribution in [2.45, 2.75) is 6.92 Å². The minimum Gasteiger partial charge on any atom is -0.464 e. The molecule has 0 atom stereocenters. The summed E-state index contributed by atoms with van der Waals surface area (Å²) in [6, 6.07) is 3.88. The highest BCUT2D eigenvalue weighted by atomic mass is 35.5. The van der Waals surface area contributed by atoms with Crippen LogP contribution in [0.15, 0.2) is 18.2 Å².